The van der Waals surface area contributed by atoms with Gasteiger partial charge in [-0.05, 0) is 47.9 Å². The number of fused-ring (bicyclic) bond motifs is 3. The van der Waals surface area contributed by atoms with Gasteiger partial charge in [-0.15, -0.1) is 0 Å². The van der Waals surface area contributed by atoms with Crippen LogP contribution in [0.3, 0.4) is 0 Å². The molecule has 7 nitrogen and oxygen atoms in total. The normalized spacial score (nSPS) is 19.1. The van der Waals surface area contributed by atoms with Gasteiger partial charge in [0.15, 0.2) is 0 Å². The van der Waals surface area contributed by atoms with Gasteiger partial charge in [0.25, 0.3) is 0 Å². The molecule has 7 heteroatoms. The molecule has 0 aromatic heterocycles. The van der Waals surface area contributed by atoms with E-state index in [1.807, 2.05) is 24.3 Å². The highest BCUT2D eigenvalue weighted by atomic mass is 16.5. The summed E-state index contributed by atoms with van der Waals surface area (Å²) in [4.78, 5) is 35.2. The van der Waals surface area contributed by atoms with Crippen LogP contribution in [-0.2, 0) is 14.3 Å². The lowest BCUT2D eigenvalue weighted by molar-refractivity contribution is -0.141. The van der Waals surface area contributed by atoms with Crippen molar-refractivity contribution in [3.8, 4) is 11.1 Å². The van der Waals surface area contributed by atoms with Crippen molar-refractivity contribution < 1.29 is 24.2 Å². The molecule has 32 heavy (non-hydrogen) atoms. The summed E-state index contributed by atoms with van der Waals surface area (Å²) >= 11 is 0. The SMILES string of the molecule is O=C(CCCNC(=O)OCC1c2ccccc2-c2ccccc21)N[C@@H]1CC[C@H](C(=O)O)C1. The number of carboxylic acids is 1. The first kappa shape index (κ1) is 21.9. The summed E-state index contributed by atoms with van der Waals surface area (Å²) in [5, 5.41) is 14.6. The maximum Gasteiger partial charge on any atom is 0.407 e. The number of rotatable bonds is 8. The van der Waals surface area contributed by atoms with Gasteiger partial charge in [0, 0.05) is 24.9 Å². The summed E-state index contributed by atoms with van der Waals surface area (Å²) in [6.45, 7) is 0.597. The Balaban J connectivity index is 1.17. The Kier molecular flexibility index (Phi) is 6.73. The molecule has 2 aromatic rings. The fourth-order valence-electron chi connectivity index (χ4n) is 4.73. The second kappa shape index (κ2) is 9.85. The minimum atomic E-state index is -0.797. The number of hydrogen-bond donors (Lipinski definition) is 3. The van der Waals surface area contributed by atoms with Crippen molar-refractivity contribution >= 4 is 18.0 Å². The summed E-state index contributed by atoms with van der Waals surface area (Å²) < 4.78 is 5.48. The highest BCUT2D eigenvalue weighted by Crippen LogP contribution is 2.44. The topological polar surface area (TPSA) is 105 Å². The van der Waals surface area contributed by atoms with Crippen LogP contribution >= 0.6 is 0 Å². The van der Waals surface area contributed by atoms with E-state index in [1.165, 1.54) is 11.1 Å². The largest absolute Gasteiger partial charge is 0.481 e. The van der Waals surface area contributed by atoms with Crippen LogP contribution in [0.5, 0.6) is 0 Å². The molecule has 2 atom stereocenters. The summed E-state index contributed by atoms with van der Waals surface area (Å²) in [7, 11) is 0. The molecular formula is C25H28N2O5. The van der Waals surface area contributed by atoms with E-state index in [1.54, 1.807) is 0 Å². The Labute approximate surface area is 187 Å². The molecular weight excluding hydrogens is 408 g/mol. The van der Waals surface area contributed by atoms with Gasteiger partial charge in [-0.1, -0.05) is 48.5 Å². The van der Waals surface area contributed by atoms with Gasteiger partial charge in [0.2, 0.25) is 5.91 Å². The zero-order valence-electron chi connectivity index (χ0n) is 17.9. The lowest BCUT2D eigenvalue weighted by atomic mass is 9.98. The van der Waals surface area contributed by atoms with Crippen LogP contribution in [-0.4, -0.2) is 42.3 Å². The van der Waals surface area contributed by atoms with E-state index in [4.69, 9.17) is 9.84 Å². The van der Waals surface area contributed by atoms with E-state index in [9.17, 15) is 14.4 Å². The van der Waals surface area contributed by atoms with Crippen molar-refractivity contribution in [1.29, 1.82) is 0 Å². The van der Waals surface area contributed by atoms with Crippen LogP contribution in [0.1, 0.15) is 49.1 Å². The van der Waals surface area contributed by atoms with E-state index in [2.05, 4.69) is 34.9 Å². The van der Waals surface area contributed by atoms with Crippen molar-refractivity contribution in [2.24, 2.45) is 5.92 Å². The van der Waals surface area contributed by atoms with Crippen LogP contribution in [0.15, 0.2) is 48.5 Å². The second-order valence-electron chi connectivity index (χ2n) is 8.47. The molecule has 4 rings (SSSR count). The Morgan fingerprint density at radius 2 is 1.62 bits per heavy atom. The standard InChI is InChI=1S/C25H28N2O5/c28-23(27-17-12-11-16(14-17)24(29)30)10-5-13-26-25(31)32-15-22-20-8-3-1-6-18(20)19-7-2-4-9-21(19)22/h1-4,6-9,16-17,22H,5,10-15H2,(H,26,31)(H,27,28)(H,29,30)/t16-,17+/m0/s1. The molecule has 2 aliphatic carbocycles. The Morgan fingerprint density at radius 1 is 0.969 bits per heavy atom. The highest BCUT2D eigenvalue weighted by molar-refractivity contribution is 5.79. The molecule has 0 bridgehead atoms. The lowest BCUT2D eigenvalue weighted by Gasteiger charge is -2.15. The maximum atomic E-state index is 12.2. The molecule has 3 N–H and O–H groups in total. The monoisotopic (exact) mass is 436 g/mol. The summed E-state index contributed by atoms with van der Waals surface area (Å²) in [5.41, 5.74) is 4.69. The van der Waals surface area contributed by atoms with Crippen LogP contribution in [0.4, 0.5) is 4.79 Å². The Morgan fingerprint density at radius 3 is 2.25 bits per heavy atom. The van der Waals surface area contributed by atoms with Crippen LogP contribution in [0.2, 0.25) is 0 Å². The number of ether oxygens (including phenoxy) is 1. The molecule has 2 aromatic carbocycles. The zero-order chi connectivity index (χ0) is 22.5. The minimum Gasteiger partial charge on any atom is -0.481 e. The van der Waals surface area contributed by atoms with Crippen LogP contribution in [0.25, 0.3) is 11.1 Å². The number of nitrogens with one attached hydrogen (secondary N) is 2. The first-order valence-electron chi connectivity index (χ1n) is 11.1. The van der Waals surface area contributed by atoms with Crippen molar-refractivity contribution in [2.45, 2.75) is 44.1 Å². The third kappa shape index (κ3) is 4.93. The second-order valence-corrected chi connectivity index (χ2v) is 8.47. The van der Waals surface area contributed by atoms with Crippen LogP contribution in [0, 0.1) is 5.92 Å². The number of carboxylic acid groups (broad SMARTS) is 1. The number of alkyl carbamates (subject to hydrolysis) is 1. The fourth-order valence-corrected chi connectivity index (χ4v) is 4.73. The first-order chi connectivity index (χ1) is 15.5. The lowest BCUT2D eigenvalue weighted by Crippen LogP contribution is -2.34. The fraction of sp³-hybridized carbons (Fsp3) is 0.400. The van der Waals surface area contributed by atoms with E-state index >= 15 is 0 Å². The molecule has 0 spiro atoms. The molecule has 0 saturated heterocycles. The zero-order valence-corrected chi connectivity index (χ0v) is 17.9. The smallest absolute Gasteiger partial charge is 0.407 e. The molecule has 0 unspecified atom stereocenters. The van der Waals surface area contributed by atoms with Gasteiger partial charge < -0.3 is 20.5 Å². The van der Waals surface area contributed by atoms with E-state index in [0.717, 1.165) is 11.1 Å². The van der Waals surface area contributed by atoms with E-state index < -0.39 is 12.1 Å². The number of carbonyl (C=O) groups is 3. The molecule has 0 radical (unpaired) electrons. The first-order valence-corrected chi connectivity index (χ1v) is 11.1. The number of amides is 2. The van der Waals surface area contributed by atoms with Gasteiger partial charge >= 0.3 is 12.1 Å². The quantitative estimate of drug-likeness (QED) is 0.548. The number of aliphatic carboxylic acids is 1. The average Bonchev–Trinajstić information content (AvgIpc) is 3.38. The minimum absolute atomic E-state index is 0.0139. The summed E-state index contributed by atoms with van der Waals surface area (Å²) in [5.74, 6) is -1.26. The summed E-state index contributed by atoms with van der Waals surface area (Å²) in [6.07, 6.45) is 2.05. The molecule has 1 saturated carbocycles. The van der Waals surface area contributed by atoms with Gasteiger partial charge in [0.1, 0.15) is 6.61 Å². The summed E-state index contributed by atoms with van der Waals surface area (Å²) in [6, 6.07) is 16.3. The third-order valence-electron chi connectivity index (χ3n) is 6.34. The molecule has 1 fully saturated rings. The van der Waals surface area contributed by atoms with Crippen molar-refractivity contribution in [3.05, 3.63) is 59.7 Å². The number of hydrogen-bond acceptors (Lipinski definition) is 4. The Hall–Kier alpha value is -3.35. The number of benzene rings is 2. The molecule has 168 valence electrons. The maximum absolute atomic E-state index is 12.2. The third-order valence-corrected chi connectivity index (χ3v) is 6.34. The van der Waals surface area contributed by atoms with Crippen molar-refractivity contribution in [2.75, 3.05) is 13.2 Å². The van der Waals surface area contributed by atoms with Crippen LogP contribution < -0.4 is 10.6 Å². The van der Waals surface area contributed by atoms with Gasteiger partial charge in [0.05, 0.1) is 5.92 Å². The molecule has 2 aliphatic rings. The van der Waals surface area contributed by atoms with Gasteiger partial charge in [-0.2, -0.15) is 0 Å². The molecule has 0 heterocycles. The predicted octanol–water partition coefficient (Wildman–Crippen LogP) is 3.67. The van der Waals surface area contributed by atoms with Gasteiger partial charge in [-0.3, -0.25) is 9.59 Å². The van der Waals surface area contributed by atoms with Gasteiger partial charge in [-0.25, -0.2) is 4.79 Å². The van der Waals surface area contributed by atoms with Crippen molar-refractivity contribution in [3.63, 3.8) is 0 Å². The average molecular weight is 437 g/mol. The van der Waals surface area contributed by atoms with E-state index in [-0.39, 0.29) is 36.8 Å². The number of carbonyl (C=O) groups excluding carboxylic acids is 2. The molecule has 2 amide bonds. The predicted molar refractivity (Wildman–Crippen MR) is 119 cm³/mol. The van der Waals surface area contributed by atoms with Crippen molar-refractivity contribution in [1.82, 2.24) is 10.6 Å². The van der Waals surface area contributed by atoms with E-state index in [0.29, 0.717) is 32.2 Å². The Bertz CT molecular complexity index is 960. The highest BCUT2D eigenvalue weighted by Gasteiger charge is 2.30. The molecule has 0 aliphatic heterocycles.